The van der Waals surface area contributed by atoms with Gasteiger partial charge in [0.05, 0.1) is 6.54 Å². The number of anilines is 1. The predicted octanol–water partition coefficient (Wildman–Crippen LogP) is 1.69. The number of hydrogen-bond donors (Lipinski definition) is 2. The van der Waals surface area contributed by atoms with Crippen molar-refractivity contribution in [3.8, 4) is 0 Å². The molecule has 0 heterocycles. The van der Waals surface area contributed by atoms with Crippen molar-refractivity contribution in [3.63, 3.8) is 0 Å². The van der Waals surface area contributed by atoms with Crippen LogP contribution in [0.1, 0.15) is 6.42 Å². The zero-order valence-electron chi connectivity index (χ0n) is 10.0. The normalized spacial score (nSPS) is 10.4. The average Bonchev–Trinajstić information content (AvgIpc) is 2.25. The van der Waals surface area contributed by atoms with Crippen LogP contribution in [-0.2, 0) is 9.59 Å². The minimum atomic E-state index is -0.909. The van der Waals surface area contributed by atoms with Crippen LogP contribution in [0, 0.1) is 0 Å². The fraction of sp³-hybridized carbons (Fsp3) is 0.333. The number of aliphatic carboxylic acids is 1. The van der Waals surface area contributed by atoms with Gasteiger partial charge in [-0.1, -0.05) is 17.7 Å². The summed E-state index contributed by atoms with van der Waals surface area (Å²) in [6.07, 6.45) is 0.232. The van der Waals surface area contributed by atoms with Crippen LogP contribution < -0.4 is 5.32 Å². The van der Waals surface area contributed by atoms with E-state index in [1.54, 1.807) is 36.2 Å². The number of carboxylic acid groups (broad SMARTS) is 1. The van der Waals surface area contributed by atoms with Gasteiger partial charge in [0.2, 0.25) is 5.91 Å². The van der Waals surface area contributed by atoms with E-state index in [1.807, 2.05) is 0 Å². The van der Waals surface area contributed by atoms with E-state index in [0.29, 0.717) is 17.3 Å². The highest BCUT2D eigenvalue weighted by atomic mass is 35.5. The summed E-state index contributed by atoms with van der Waals surface area (Å²) in [5, 5.41) is 11.8. The lowest BCUT2D eigenvalue weighted by Crippen LogP contribution is -2.29. The van der Waals surface area contributed by atoms with Crippen LogP contribution in [0.3, 0.4) is 0 Å². The Morgan fingerprint density at radius 1 is 1.44 bits per heavy atom. The van der Waals surface area contributed by atoms with E-state index in [1.165, 1.54) is 0 Å². The number of hydrogen-bond acceptors (Lipinski definition) is 3. The van der Waals surface area contributed by atoms with Gasteiger partial charge in [0, 0.05) is 23.7 Å². The van der Waals surface area contributed by atoms with E-state index in [9.17, 15) is 9.59 Å². The molecule has 0 unspecified atom stereocenters. The molecule has 6 heteroatoms. The predicted molar refractivity (Wildman–Crippen MR) is 69.8 cm³/mol. The molecule has 0 radical (unpaired) electrons. The van der Waals surface area contributed by atoms with Gasteiger partial charge in [0.25, 0.3) is 0 Å². The Hall–Kier alpha value is -1.59. The van der Waals surface area contributed by atoms with E-state index >= 15 is 0 Å². The minimum absolute atomic E-state index is 0.0789. The fourth-order valence-corrected chi connectivity index (χ4v) is 1.58. The van der Waals surface area contributed by atoms with Crippen LogP contribution in [0.5, 0.6) is 0 Å². The number of rotatable bonds is 6. The molecule has 98 valence electrons. The third kappa shape index (κ3) is 5.65. The molecule has 1 rings (SSSR count). The number of halogens is 1. The second kappa shape index (κ2) is 6.98. The molecular formula is C12H15ClN2O3. The van der Waals surface area contributed by atoms with Gasteiger partial charge in [0.1, 0.15) is 0 Å². The van der Waals surface area contributed by atoms with Gasteiger partial charge >= 0.3 is 5.97 Å². The first kappa shape index (κ1) is 14.5. The minimum Gasteiger partial charge on any atom is -0.480 e. The molecule has 1 amide bonds. The van der Waals surface area contributed by atoms with Crippen LogP contribution in [0.4, 0.5) is 5.69 Å². The maximum atomic E-state index is 11.6. The summed E-state index contributed by atoms with van der Waals surface area (Å²) in [5.74, 6) is -1.08. The number of carbonyl (C=O) groups is 2. The standard InChI is InChI=1S/C12H15ClN2O3/c1-15(8-12(17)18)6-5-11(16)14-10-4-2-3-9(13)7-10/h2-4,7H,5-6,8H2,1H3,(H,14,16)(H,17,18). The highest BCUT2D eigenvalue weighted by Gasteiger charge is 2.07. The van der Waals surface area contributed by atoms with Gasteiger partial charge in [-0.3, -0.25) is 14.5 Å². The van der Waals surface area contributed by atoms with Crippen molar-refractivity contribution in [1.29, 1.82) is 0 Å². The zero-order chi connectivity index (χ0) is 13.5. The van der Waals surface area contributed by atoms with E-state index < -0.39 is 5.97 Å². The number of carbonyl (C=O) groups excluding carboxylic acids is 1. The smallest absolute Gasteiger partial charge is 0.317 e. The molecule has 0 fully saturated rings. The summed E-state index contributed by atoms with van der Waals surface area (Å²) in [6, 6.07) is 6.86. The fourth-order valence-electron chi connectivity index (χ4n) is 1.39. The Balaban J connectivity index is 2.36. The summed E-state index contributed by atoms with van der Waals surface area (Å²) < 4.78 is 0. The first-order valence-corrected chi connectivity index (χ1v) is 5.81. The highest BCUT2D eigenvalue weighted by Crippen LogP contribution is 2.14. The van der Waals surface area contributed by atoms with E-state index in [2.05, 4.69) is 5.32 Å². The number of benzene rings is 1. The molecule has 0 spiro atoms. The van der Waals surface area contributed by atoms with Gasteiger partial charge < -0.3 is 10.4 Å². The number of nitrogens with zero attached hydrogens (tertiary/aromatic N) is 1. The Morgan fingerprint density at radius 3 is 2.78 bits per heavy atom. The number of amides is 1. The molecule has 0 bridgehead atoms. The van der Waals surface area contributed by atoms with Crippen molar-refractivity contribution in [2.45, 2.75) is 6.42 Å². The first-order chi connectivity index (χ1) is 8.47. The Kier molecular flexibility index (Phi) is 5.61. The van der Waals surface area contributed by atoms with Crippen LogP contribution in [0.2, 0.25) is 5.02 Å². The van der Waals surface area contributed by atoms with Crippen molar-refractivity contribution in [2.24, 2.45) is 0 Å². The molecule has 0 aromatic heterocycles. The first-order valence-electron chi connectivity index (χ1n) is 5.43. The summed E-state index contributed by atoms with van der Waals surface area (Å²) in [4.78, 5) is 23.6. The molecule has 5 nitrogen and oxygen atoms in total. The number of carboxylic acids is 1. The Bertz CT molecular complexity index is 437. The lowest BCUT2D eigenvalue weighted by Gasteiger charge is -2.13. The molecule has 0 aliphatic heterocycles. The third-order valence-corrected chi connectivity index (χ3v) is 2.47. The van der Waals surface area contributed by atoms with Crippen LogP contribution >= 0.6 is 11.6 Å². The molecule has 0 atom stereocenters. The van der Waals surface area contributed by atoms with Gasteiger partial charge in [0.15, 0.2) is 0 Å². The molecule has 1 aromatic rings. The Morgan fingerprint density at radius 2 is 2.17 bits per heavy atom. The summed E-state index contributed by atoms with van der Waals surface area (Å²) >= 11 is 5.79. The maximum absolute atomic E-state index is 11.6. The van der Waals surface area contributed by atoms with Crippen molar-refractivity contribution < 1.29 is 14.7 Å². The molecule has 0 saturated carbocycles. The molecule has 0 aliphatic carbocycles. The second-order valence-electron chi connectivity index (χ2n) is 3.94. The Labute approximate surface area is 110 Å². The van der Waals surface area contributed by atoms with E-state index in [0.717, 1.165) is 0 Å². The van der Waals surface area contributed by atoms with Gasteiger partial charge in [-0.25, -0.2) is 0 Å². The summed E-state index contributed by atoms with van der Waals surface area (Å²) in [6.45, 7) is 0.309. The van der Waals surface area contributed by atoms with Crippen LogP contribution in [0.15, 0.2) is 24.3 Å². The molecule has 2 N–H and O–H groups in total. The lowest BCUT2D eigenvalue weighted by molar-refractivity contribution is -0.138. The van der Waals surface area contributed by atoms with Crippen molar-refractivity contribution in [1.82, 2.24) is 4.90 Å². The monoisotopic (exact) mass is 270 g/mol. The lowest BCUT2D eigenvalue weighted by atomic mass is 10.3. The van der Waals surface area contributed by atoms with Crippen LogP contribution in [0.25, 0.3) is 0 Å². The van der Waals surface area contributed by atoms with Crippen molar-refractivity contribution in [3.05, 3.63) is 29.3 Å². The van der Waals surface area contributed by atoms with Gasteiger partial charge in [-0.15, -0.1) is 0 Å². The van der Waals surface area contributed by atoms with Crippen LogP contribution in [-0.4, -0.2) is 42.0 Å². The third-order valence-electron chi connectivity index (χ3n) is 2.23. The summed E-state index contributed by atoms with van der Waals surface area (Å²) in [5.41, 5.74) is 0.633. The van der Waals surface area contributed by atoms with Gasteiger partial charge in [-0.2, -0.15) is 0 Å². The maximum Gasteiger partial charge on any atom is 0.317 e. The van der Waals surface area contributed by atoms with Crippen molar-refractivity contribution in [2.75, 3.05) is 25.5 Å². The average molecular weight is 271 g/mol. The van der Waals surface area contributed by atoms with E-state index in [4.69, 9.17) is 16.7 Å². The SMILES string of the molecule is CN(CCC(=O)Nc1cccc(Cl)c1)CC(=O)O. The largest absolute Gasteiger partial charge is 0.480 e. The molecular weight excluding hydrogens is 256 g/mol. The van der Waals surface area contributed by atoms with E-state index in [-0.39, 0.29) is 18.9 Å². The molecule has 0 aliphatic rings. The topological polar surface area (TPSA) is 69.6 Å². The van der Waals surface area contributed by atoms with Gasteiger partial charge in [-0.05, 0) is 25.2 Å². The zero-order valence-corrected chi connectivity index (χ0v) is 10.8. The quantitative estimate of drug-likeness (QED) is 0.825. The molecule has 1 aromatic carbocycles. The second-order valence-corrected chi connectivity index (χ2v) is 4.38. The molecule has 0 saturated heterocycles. The number of nitrogens with one attached hydrogen (secondary N) is 1. The highest BCUT2D eigenvalue weighted by molar-refractivity contribution is 6.30. The summed E-state index contributed by atoms with van der Waals surface area (Å²) in [7, 11) is 1.65. The molecule has 18 heavy (non-hydrogen) atoms. The van der Waals surface area contributed by atoms with Crippen molar-refractivity contribution >= 4 is 29.2 Å². The number of likely N-dealkylation sites (N-methyl/N-ethyl adjacent to an activating group) is 1.